The van der Waals surface area contributed by atoms with Crippen LogP contribution in [0.4, 0.5) is 0 Å². The first-order valence-electron chi connectivity index (χ1n) is 9.20. The van der Waals surface area contributed by atoms with Gasteiger partial charge in [-0.15, -0.1) is 10.2 Å². The molecule has 27 heavy (non-hydrogen) atoms. The number of carbonyl (C=O) groups excluding carboxylic acids is 1. The van der Waals surface area contributed by atoms with E-state index in [1.807, 2.05) is 32.0 Å². The number of aromatic nitrogens is 2. The predicted octanol–water partition coefficient (Wildman–Crippen LogP) is 5.45. The molecule has 1 aromatic heterocycles. The zero-order chi connectivity index (χ0) is 19.4. The van der Waals surface area contributed by atoms with E-state index in [9.17, 15) is 4.79 Å². The number of rotatable bonds is 7. The highest BCUT2D eigenvalue weighted by Gasteiger charge is 2.15. The minimum absolute atomic E-state index is 0.0956. The third-order valence-electron chi connectivity index (χ3n) is 4.47. The van der Waals surface area contributed by atoms with Gasteiger partial charge >= 0.3 is 0 Å². The van der Waals surface area contributed by atoms with Gasteiger partial charge in [-0.25, -0.2) is 0 Å². The molecule has 0 N–H and O–H groups in total. The van der Waals surface area contributed by atoms with E-state index in [0.29, 0.717) is 11.1 Å². The average molecular weight is 381 g/mol. The molecule has 0 radical (unpaired) electrons. The molecule has 0 fully saturated rings. The van der Waals surface area contributed by atoms with Gasteiger partial charge in [-0.2, -0.15) is 0 Å². The van der Waals surface area contributed by atoms with Gasteiger partial charge in [-0.3, -0.25) is 4.79 Å². The molecule has 1 heterocycles. The molecule has 0 aliphatic carbocycles. The highest BCUT2D eigenvalue weighted by Crippen LogP contribution is 2.26. The Balaban J connectivity index is 1.72. The van der Waals surface area contributed by atoms with Crippen molar-refractivity contribution in [3.8, 4) is 11.5 Å². The van der Waals surface area contributed by atoms with E-state index in [2.05, 4.69) is 42.2 Å². The van der Waals surface area contributed by atoms with E-state index in [-0.39, 0.29) is 11.5 Å². The van der Waals surface area contributed by atoms with Crippen LogP contribution in [0, 0.1) is 13.8 Å². The molecule has 0 atom stereocenters. The molecule has 0 saturated carbocycles. The SMILES string of the molecule is CCc1ccc(CC)c(C(=O)CSc2nnc(-c3cc(C)cc(C)c3)o2)c1. The molecule has 3 aromatic rings. The second-order valence-electron chi connectivity index (χ2n) is 6.66. The van der Waals surface area contributed by atoms with Crippen LogP contribution in [0.5, 0.6) is 0 Å². The van der Waals surface area contributed by atoms with E-state index in [4.69, 9.17) is 4.42 Å². The van der Waals surface area contributed by atoms with E-state index in [1.54, 1.807) is 0 Å². The van der Waals surface area contributed by atoms with Crippen LogP contribution in [-0.2, 0) is 12.8 Å². The number of thioether (sulfide) groups is 1. The van der Waals surface area contributed by atoms with Crippen molar-refractivity contribution in [2.24, 2.45) is 0 Å². The fourth-order valence-corrected chi connectivity index (χ4v) is 3.75. The van der Waals surface area contributed by atoms with Crippen molar-refractivity contribution >= 4 is 17.5 Å². The Morgan fingerprint density at radius 1 is 1.00 bits per heavy atom. The van der Waals surface area contributed by atoms with Crippen LogP contribution < -0.4 is 0 Å². The van der Waals surface area contributed by atoms with Gasteiger partial charge < -0.3 is 4.42 Å². The lowest BCUT2D eigenvalue weighted by Crippen LogP contribution is -2.07. The first kappa shape index (κ1) is 19.4. The van der Waals surface area contributed by atoms with Crippen LogP contribution in [0.15, 0.2) is 46.0 Å². The lowest BCUT2D eigenvalue weighted by molar-refractivity contribution is 0.102. The number of hydrogen-bond acceptors (Lipinski definition) is 5. The molecule has 0 spiro atoms. The van der Waals surface area contributed by atoms with Gasteiger partial charge in [0.1, 0.15) is 0 Å². The summed E-state index contributed by atoms with van der Waals surface area (Å²) < 4.78 is 5.76. The summed E-state index contributed by atoms with van der Waals surface area (Å²) in [5, 5.41) is 8.64. The molecular formula is C22H24N2O2S. The Kier molecular flexibility index (Phi) is 6.11. The number of benzene rings is 2. The molecular weight excluding hydrogens is 356 g/mol. The van der Waals surface area contributed by atoms with Crippen molar-refractivity contribution in [2.75, 3.05) is 5.75 Å². The molecule has 0 aliphatic rings. The van der Waals surface area contributed by atoms with Crippen molar-refractivity contribution in [3.05, 3.63) is 64.2 Å². The lowest BCUT2D eigenvalue weighted by atomic mass is 9.98. The Bertz CT molecular complexity index is 942. The minimum Gasteiger partial charge on any atom is -0.411 e. The van der Waals surface area contributed by atoms with Crippen LogP contribution in [0.1, 0.15) is 46.5 Å². The molecule has 0 aliphatic heterocycles. The third kappa shape index (κ3) is 4.66. The molecule has 0 saturated heterocycles. The topological polar surface area (TPSA) is 56.0 Å². The monoisotopic (exact) mass is 380 g/mol. The van der Waals surface area contributed by atoms with Gasteiger partial charge in [0.15, 0.2) is 5.78 Å². The van der Waals surface area contributed by atoms with Crippen molar-refractivity contribution in [1.29, 1.82) is 0 Å². The molecule has 4 nitrogen and oxygen atoms in total. The van der Waals surface area contributed by atoms with Crippen LogP contribution in [0.2, 0.25) is 0 Å². The zero-order valence-corrected chi connectivity index (χ0v) is 17.0. The standard InChI is InChI=1S/C22H24N2O2S/c1-5-16-7-8-17(6-2)19(12-16)20(25)13-27-22-24-23-21(26-22)18-10-14(3)9-15(4)11-18/h7-12H,5-6,13H2,1-4H3. The maximum atomic E-state index is 12.7. The first-order valence-corrected chi connectivity index (χ1v) is 10.2. The summed E-state index contributed by atoms with van der Waals surface area (Å²) in [4.78, 5) is 12.7. The summed E-state index contributed by atoms with van der Waals surface area (Å²) in [7, 11) is 0. The average Bonchev–Trinajstić information content (AvgIpc) is 3.14. The zero-order valence-electron chi connectivity index (χ0n) is 16.2. The van der Waals surface area contributed by atoms with Gasteiger partial charge in [-0.1, -0.05) is 54.9 Å². The van der Waals surface area contributed by atoms with E-state index >= 15 is 0 Å². The predicted molar refractivity (Wildman–Crippen MR) is 109 cm³/mol. The summed E-state index contributed by atoms with van der Waals surface area (Å²) in [5.74, 6) is 0.867. The summed E-state index contributed by atoms with van der Waals surface area (Å²) in [6, 6.07) is 12.3. The lowest BCUT2D eigenvalue weighted by Gasteiger charge is -2.08. The van der Waals surface area contributed by atoms with Crippen LogP contribution >= 0.6 is 11.8 Å². The molecule has 0 amide bonds. The normalized spacial score (nSPS) is 11.0. The molecule has 140 valence electrons. The highest BCUT2D eigenvalue weighted by molar-refractivity contribution is 7.99. The van der Waals surface area contributed by atoms with E-state index in [0.717, 1.165) is 40.7 Å². The van der Waals surface area contributed by atoms with Crippen LogP contribution in [0.25, 0.3) is 11.5 Å². The maximum Gasteiger partial charge on any atom is 0.277 e. The number of nitrogens with zero attached hydrogens (tertiary/aromatic N) is 2. The Morgan fingerprint density at radius 2 is 1.74 bits per heavy atom. The smallest absolute Gasteiger partial charge is 0.277 e. The van der Waals surface area contributed by atoms with Gasteiger partial charge in [0.05, 0.1) is 5.75 Å². The van der Waals surface area contributed by atoms with Gasteiger partial charge in [0.2, 0.25) is 5.89 Å². The Labute approximate surface area is 164 Å². The maximum absolute atomic E-state index is 12.7. The van der Waals surface area contributed by atoms with Crippen molar-refractivity contribution in [1.82, 2.24) is 10.2 Å². The Morgan fingerprint density at radius 3 is 2.41 bits per heavy atom. The van der Waals surface area contributed by atoms with Gasteiger partial charge in [0.25, 0.3) is 5.22 Å². The van der Waals surface area contributed by atoms with Crippen LogP contribution in [-0.4, -0.2) is 21.7 Å². The minimum atomic E-state index is 0.0956. The summed E-state index contributed by atoms with van der Waals surface area (Å²) in [5.41, 5.74) is 6.26. The molecule has 2 aromatic carbocycles. The fraction of sp³-hybridized carbons (Fsp3) is 0.318. The number of Topliss-reactive ketones (excluding diaryl/α,β-unsaturated/α-hetero) is 1. The van der Waals surface area contributed by atoms with E-state index in [1.165, 1.54) is 17.3 Å². The van der Waals surface area contributed by atoms with Gasteiger partial charge in [-0.05, 0) is 56.0 Å². The first-order chi connectivity index (χ1) is 13.0. The van der Waals surface area contributed by atoms with Crippen molar-refractivity contribution < 1.29 is 9.21 Å². The number of aryl methyl sites for hydroxylation is 4. The van der Waals surface area contributed by atoms with Crippen LogP contribution in [0.3, 0.4) is 0 Å². The number of carbonyl (C=O) groups is 1. The quantitative estimate of drug-likeness (QED) is 0.403. The fourth-order valence-electron chi connectivity index (χ4n) is 3.10. The molecule has 0 bridgehead atoms. The number of ketones is 1. The molecule has 0 unspecified atom stereocenters. The summed E-state index contributed by atoms with van der Waals surface area (Å²) in [6.07, 6.45) is 1.76. The third-order valence-corrected chi connectivity index (χ3v) is 5.28. The highest BCUT2D eigenvalue weighted by atomic mass is 32.2. The molecule has 3 rings (SSSR count). The largest absolute Gasteiger partial charge is 0.411 e. The second-order valence-corrected chi connectivity index (χ2v) is 7.59. The summed E-state index contributed by atoms with van der Waals surface area (Å²) >= 11 is 1.29. The van der Waals surface area contributed by atoms with Crippen molar-refractivity contribution in [3.63, 3.8) is 0 Å². The molecule has 5 heteroatoms. The Hall–Kier alpha value is -2.40. The number of hydrogen-bond donors (Lipinski definition) is 0. The van der Waals surface area contributed by atoms with Crippen molar-refractivity contribution in [2.45, 2.75) is 45.8 Å². The van der Waals surface area contributed by atoms with E-state index < -0.39 is 0 Å². The second kappa shape index (κ2) is 8.53. The summed E-state index contributed by atoms with van der Waals surface area (Å²) in [6.45, 7) is 8.24. The van der Waals surface area contributed by atoms with Gasteiger partial charge in [0, 0.05) is 11.1 Å².